The lowest BCUT2D eigenvalue weighted by Gasteiger charge is -2.32. The smallest absolute Gasteiger partial charge is 0.241 e. The molecule has 6 nitrogen and oxygen atoms in total. The van der Waals surface area contributed by atoms with Gasteiger partial charge in [0.25, 0.3) is 0 Å². The molecule has 28 heavy (non-hydrogen) atoms. The third-order valence-electron chi connectivity index (χ3n) is 5.19. The van der Waals surface area contributed by atoms with Crippen LogP contribution >= 0.6 is 11.3 Å². The van der Waals surface area contributed by atoms with Gasteiger partial charge in [-0.3, -0.25) is 14.5 Å². The third kappa shape index (κ3) is 4.97. The van der Waals surface area contributed by atoms with Gasteiger partial charge in [0.1, 0.15) is 0 Å². The van der Waals surface area contributed by atoms with Gasteiger partial charge in [0.05, 0.1) is 12.2 Å². The van der Waals surface area contributed by atoms with E-state index in [1.165, 1.54) is 11.3 Å². The number of aryl methyl sites for hydroxylation is 2. The van der Waals surface area contributed by atoms with Crippen molar-refractivity contribution in [2.75, 3.05) is 36.4 Å². The average molecular weight is 401 g/mol. The number of amides is 2. The van der Waals surface area contributed by atoms with Gasteiger partial charge in [-0.1, -0.05) is 18.2 Å². The number of nitrogens with one attached hydrogen (secondary N) is 1. The number of benzene rings is 1. The second-order valence-electron chi connectivity index (χ2n) is 7.26. The third-order valence-corrected chi connectivity index (χ3v) is 6.07. The van der Waals surface area contributed by atoms with Gasteiger partial charge in [-0.2, -0.15) is 0 Å². The largest absolute Gasteiger partial charge is 0.311 e. The maximum absolute atomic E-state index is 12.9. The van der Waals surface area contributed by atoms with E-state index in [0.29, 0.717) is 18.2 Å². The summed E-state index contributed by atoms with van der Waals surface area (Å²) in [6.07, 6.45) is 1.53. The topological polar surface area (TPSA) is 65.5 Å². The van der Waals surface area contributed by atoms with Crippen molar-refractivity contribution in [3.8, 4) is 0 Å². The van der Waals surface area contributed by atoms with Crippen LogP contribution in [0.5, 0.6) is 0 Å². The summed E-state index contributed by atoms with van der Waals surface area (Å²) in [7, 11) is 0. The van der Waals surface area contributed by atoms with Gasteiger partial charge in [-0.25, -0.2) is 4.98 Å². The van der Waals surface area contributed by atoms with Gasteiger partial charge in [0.2, 0.25) is 11.8 Å². The molecule has 7 heteroatoms. The molecular weight excluding hydrogens is 372 g/mol. The number of piperidine rings is 1. The van der Waals surface area contributed by atoms with Crippen LogP contribution in [0.4, 0.5) is 10.8 Å². The molecule has 1 saturated heterocycles. The molecule has 0 bridgehead atoms. The predicted molar refractivity (Wildman–Crippen MR) is 114 cm³/mol. The highest BCUT2D eigenvalue weighted by molar-refractivity contribution is 7.13. The minimum atomic E-state index is -0.0193. The van der Waals surface area contributed by atoms with Crippen molar-refractivity contribution in [2.24, 2.45) is 5.92 Å². The summed E-state index contributed by atoms with van der Waals surface area (Å²) in [5.74, 6) is 0.127. The SMILES string of the molecule is CCN(C(=O)CN1CCC(C(=O)Nc2nc(C)cs2)CC1)c1ccccc1C. The number of carbonyl (C=O) groups excluding carboxylic acids is 2. The normalized spacial score (nSPS) is 15.4. The first-order chi connectivity index (χ1) is 13.5. The number of hydrogen-bond donors (Lipinski definition) is 1. The summed E-state index contributed by atoms with van der Waals surface area (Å²) in [5.41, 5.74) is 3.00. The van der Waals surface area contributed by atoms with Crippen LogP contribution in [-0.2, 0) is 9.59 Å². The molecule has 2 amide bonds. The first kappa shape index (κ1) is 20.5. The lowest BCUT2D eigenvalue weighted by Crippen LogP contribution is -2.45. The van der Waals surface area contributed by atoms with Gasteiger partial charge < -0.3 is 10.2 Å². The minimum Gasteiger partial charge on any atom is -0.311 e. The van der Waals surface area contributed by atoms with Gasteiger partial charge in [0, 0.05) is 23.5 Å². The summed E-state index contributed by atoms with van der Waals surface area (Å²) in [4.78, 5) is 33.6. The van der Waals surface area contributed by atoms with Crippen molar-refractivity contribution < 1.29 is 9.59 Å². The highest BCUT2D eigenvalue weighted by atomic mass is 32.1. The van der Waals surface area contributed by atoms with E-state index in [2.05, 4.69) is 15.2 Å². The Balaban J connectivity index is 1.51. The van der Waals surface area contributed by atoms with E-state index in [4.69, 9.17) is 0 Å². The summed E-state index contributed by atoms with van der Waals surface area (Å²) in [5, 5.41) is 5.51. The van der Waals surface area contributed by atoms with Gasteiger partial charge in [0.15, 0.2) is 5.13 Å². The fourth-order valence-electron chi connectivity index (χ4n) is 3.60. The Hall–Kier alpha value is -2.25. The van der Waals surface area contributed by atoms with Crippen LogP contribution in [0.25, 0.3) is 0 Å². The van der Waals surface area contributed by atoms with E-state index in [1.54, 1.807) is 0 Å². The molecule has 0 aliphatic carbocycles. The van der Waals surface area contributed by atoms with Crippen LogP contribution in [0, 0.1) is 19.8 Å². The summed E-state index contributed by atoms with van der Waals surface area (Å²) in [6.45, 7) is 8.49. The molecule has 2 aromatic rings. The highest BCUT2D eigenvalue weighted by Crippen LogP contribution is 2.23. The van der Waals surface area contributed by atoms with Crippen molar-refractivity contribution in [3.05, 3.63) is 40.9 Å². The zero-order valence-corrected chi connectivity index (χ0v) is 17.6. The molecule has 1 aromatic carbocycles. The molecule has 1 N–H and O–H groups in total. The van der Waals surface area contributed by atoms with E-state index in [1.807, 2.05) is 55.3 Å². The number of para-hydroxylation sites is 1. The molecule has 0 saturated carbocycles. The van der Waals surface area contributed by atoms with E-state index in [-0.39, 0.29) is 17.7 Å². The molecule has 1 fully saturated rings. The van der Waals surface area contributed by atoms with E-state index in [0.717, 1.165) is 42.9 Å². The Morgan fingerprint density at radius 3 is 2.57 bits per heavy atom. The van der Waals surface area contributed by atoms with Crippen molar-refractivity contribution in [1.29, 1.82) is 0 Å². The molecular formula is C21H28N4O2S. The molecule has 0 spiro atoms. The van der Waals surface area contributed by atoms with Crippen molar-refractivity contribution >= 4 is 34.0 Å². The first-order valence-electron chi connectivity index (χ1n) is 9.79. The van der Waals surface area contributed by atoms with Crippen molar-refractivity contribution in [2.45, 2.75) is 33.6 Å². The zero-order chi connectivity index (χ0) is 20.1. The number of aromatic nitrogens is 1. The Bertz CT molecular complexity index is 827. The zero-order valence-electron chi connectivity index (χ0n) is 16.8. The van der Waals surface area contributed by atoms with Crippen molar-refractivity contribution in [1.82, 2.24) is 9.88 Å². The van der Waals surface area contributed by atoms with Crippen LogP contribution in [0.3, 0.4) is 0 Å². The van der Waals surface area contributed by atoms with Crippen LogP contribution in [0.2, 0.25) is 0 Å². The van der Waals surface area contributed by atoms with E-state index in [9.17, 15) is 9.59 Å². The summed E-state index contributed by atoms with van der Waals surface area (Å²) < 4.78 is 0. The van der Waals surface area contributed by atoms with Gasteiger partial charge in [-0.15, -0.1) is 11.3 Å². The minimum absolute atomic E-state index is 0.0193. The van der Waals surface area contributed by atoms with Crippen molar-refractivity contribution in [3.63, 3.8) is 0 Å². The molecule has 0 atom stereocenters. The van der Waals surface area contributed by atoms with Crippen LogP contribution in [0.15, 0.2) is 29.6 Å². The van der Waals surface area contributed by atoms with Crippen LogP contribution in [0.1, 0.15) is 31.0 Å². The number of hydrogen-bond acceptors (Lipinski definition) is 5. The van der Waals surface area contributed by atoms with E-state index < -0.39 is 0 Å². The number of likely N-dealkylation sites (N-methyl/N-ethyl adjacent to an activating group) is 1. The van der Waals surface area contributed by atoms with Crippen LogP contribution in [-0.4, -0.2) is 47.9 Å². The second-order valence-corrected chi connectivity index (χ2v) is 8.12. The number of nitrogens with zero attached hydrogens (tertiary/aromatic N) is 3. The first-order valence-corrected chi connectivity index (χ1v) is 10.7. The molecule has 0 radical (unpaired) electrons. The lowest BCUT2D eigenvalue weighted by molar-refractivity contribution is -0.122. The Morgan fingerprint density at radius 2 is 1.96 bits per heavy atom. The second kappa shape index (κ2) is 9.30. The standard InChI is InChI=1S/C21H28N4O2S/c1-4-25(18-8-6-5-7-15(18)2)19(26)13-24-11-9-17(10-12-24)20(27)23-21-22-16(3)14-28-21/h5-8,14,17H,4,9-13H2,1-3H3,(H,22,23,27). The maximum atomic E-state index is 12.9. The Morgan fingerprint density at radius 1 is 1.25 bits per heavy atom. The fraction of sp³-hybridized carbons (Fsp3) is 0.476. The number of carbonyl (C=O) groups is 2. The fourth-order valence-corrected chi connectivity index (χ4v) is 4.29. The summed E-state index contributed by atoms with van der Waals surface area (Å²) in [6, 6.07) is 7.97. The molecule has 150 valence electrons. The lowest BCUT2D eigenvalue weighted by atomic mass is 9.96. The van der Waals surface area contributed by atoms with Crippen LogP contribution < -0.4 is 10.2 Å². The monoisotopic (exact) mass is 400 g/mol. The quantitative estimate of drug-likeness (QED) is 0.806. The molecule has 1 aliphatic rings. The number of likely N-dealkylation sites (tertiary alicyclic amines) is 1. The number of anilines is 2. The Kier molecular flexibility index (Phi) is 6.80. The Labute approximate surface area is 170 Å². The predicted octanol–water partition coefficient (Wildman–Crippen LogP) is 3.46. The van der Waals surface area contributed by atoms with Gasteiger partial charge >= 0.3 is 0 Å². The summed E-state index contributed by atoms with van der Waals surface area (Å²) >= 11 is 1.45. The number of thiazole rings is 1. The highest BCUT2D eigenvalue weighted by Gasteiger charge is 2.27. The molecule has 3 rings (SSSR count). The number of rotatable bonds is 6. The van der Waals surface area contributed by atoms with E-state index >= 15 is 0 Å². The average Bonchev–Trinajstić information content (AvgIpc) is 3.09. The molecule has 1 aliphatic heterocycles. The molecule has 1 aromatic heterocycles. The molecule has 2 heterocycles. The maximum Gasteiger partial charge on any atom is 0.241 e. The molecule has 0 unspecified atom stereocenters. The van der Waals surface area contributed by atoms with Gasteiger partial charge in [-0.05, 0) is 58.3 Å².